The van der Waals surface area contributed by atoms with E-state index in [1.54, 1.807) is 19.3 Å². The lowest BCUT2D eigenvalue weighted by atomic mass is 10.2. The Labute approximate surface area is 189 Å². The van der Waals surface area contributed by atoms with Crippen LogP contribution >= 0.6 is 24.0 Å². The number of hydrogen-bond donors (Lipinski definition) is 1. The summed E-state index contributed by atoms with van der Waals surface area (Å²) >= 11 is 6.55. The van der Waals surface area contributed by atoms with E-state index in [1.807, 2.05) is 24.3 Å². The summed E-state index contributed by atoms with van der Waals surface area (Å²) in [5, 5.41) is 13.5. The highest BCUT2D eigenvalue weighted by molar-refractivity contribution is 8.26. The maximum absolute atomic E-state index is 12.7. The van der Waals surface area contributed by atoms with Gasteiger partial charge in [0.15, 0.2) is 0 Å². The van der Waals surface area contributed by atoms with Crippen LogP contribution in [0.15, 0.2) is 53.4 Å². The Kier molecular flexibility index (Phi) is 7.43. The molecule has 2 aromatic rings. The van der Waals surface area contributed by atoms with Crippen LogP contribution in [0, 0.1) is 0 Å². The molecule has 0 aliphatic carbocycles. The maximum Gasteiger partial charge on any atom is 0.266 e. The molecular weight excluding hydrogens is 436 g/mol. The highest BCUT2D eigenvalue weighted by Gasteiger charge is 2.31. The van der Waals surface area contributed by atoms with Crippen LogP contribution in [0.4, 0.5) is 5.69 Å². The van der Waals surface area contributed by atoms with Gasteiger partial charge in [-0.05, 0) is 47.9 Å². The number of carboxylic acids is 1. The number of carboxylic acid groups (broad SMARTS) is 1. The van der Waals surface area contributed by atoms with Crippen molar-refractivity contribution in [3.63, 3.8) is 0 Å². The van der Waals surface area contributed by atoms with Crippen LogP contribution in [0.25, 0.3) is 6.08 Å². The summed E-state index contributed by atoms with van der Waals surface area (Å²) in [7, 11) is 1.59. The van der Waals surface area contributed by atoms with Crippen LogP contribution < -0.4 is 15.2 Å². The van der Waals surface area contributed by atoms with Gasteiger partial charge in [0.1, 0.15) is 10.1 Å². The van der Waals surface area contributed by atoms with Crippen molar-refractivity contribution in [2.45, 2.75) is 12.8 Å². The number of aromatic carboxylic acids is 1. The summed E-state index contributed by atoms with van der Waals surface area (Å²) in [5.41, 5.74) is 1.22. The van der Waals surface area contributed by atoms with Gasteiger partial charge in [0.05, 0.1) is 18.0 Å². The Hall–Kier alpha value is -3.17. The van der Waals surface area contributed by atoms with Crippen molar-refractivity contribution in [3.8, 4) is 5.75 Å². The van der Waals surface area contributed by atoms with Crippen molar-refractivity contribution in [1.29, 1.82) is 0 Å². The Morgan fingerprint density at radius 2 is 1.97 bits per heavy atom. The van der Waals surface area contributed by atoms with Gasteiger partial charge in [0, 0.05) is 18.7 Å². The molecule has 7 nitrogen and oxygen atoms in total. The summed E-state index contributed by atoms with van der Waals surface area (Å²) < 4.78 is 5.58. The van der Waals surface area contributed by atoms with Crippen molar-refractivity contribution >= 4 is 57.8 Å². The molecule has 0 spiro atoms. The molecule has 31 heavy (non-hydrogen) atoms. The molecule has 0 aromatic heterocycles. The lowest BCUT2D eigenvalue weighted by Crippen LogP contribution is -2.29. The Morgan fingerprint density at radius 1 is 1.23 bits per heavy atom. The normalized spacial score (nSPS) is 14.7. The predicted octanol–water partition coefficient (Wildman–Crippen LogP) is 2.68. The monoisotopic (exact) mass is 455 g/mol. The molecule has 1 N–H and O–H groups in total. The standard InChI is InChI=1S/C22H20N2O5S2/c1-29-17-9-7-14(8-10-17)12-18-20(26)24(22(30)31-18)11-3-6-19(25)23-16-5-2-4-15(13-16)21(27)28/h2,4-5,7-10,12-13H,3,6,11H2,1H3,(H,23,25)(H,27,28)/p-1/b18-12+. The van der Waals surface area contributed by atoms with E-state index in [4.69, 9.17) is 17.0 Å². The first-order chi connectivity index (χ1) is 14.9. The summed E-state index contributed by atoms with van der Waals surface area (Å²) in [6.07, 6.45) is 2.34. The van der Waals surface area contributed by atoms with Crippen LogP contribution in [0.2, 0.25) is 0 Å². The average molecular weight is 456 g/mol. The topological polar surface area (TPSA) is 98.8 Å². The average Bonchev–Trinajstić information content (AvgIpc) is 3.01. The second-order valence-electron chi connectivity index (χ2n) is 6.63. The number of nitrogens with one attached hydrogen (secondary N) is 1. The number of ether oxygens (including phenoxy) is 1. The second kappa shape index (κ2) is 10.2. The number of carbonyl (C=O) groups is 3. The minimum Gasteiger partial charge on any atom is -0.545 e. The third-order valence-electron chi connectivity index (χ3n) is 4.45. The number of benzene rings is 2. The molecule has 2 amide bonds. The van der Waals surface area contributed by atoms with E-state index in [2.05, 4.69) is 5.32 Å². The third kappa shape index (κ3) is 5.93. The molecule has 1 heterocycles. The van der Waals surface area contributed by atoms with E-state index >= 15 is 0 Å². The van der Waals surface area contributed by atoms with Crippen LogP contribution in [-0.4, -0.2) is 40.7 Å². The van der Waals surface area contributed by atoms with Crippen molar-refractivity contribution < 1.29 is 24.2 Å². The maximum atomic E-state index is 12.7. The van der Waals surface area contributed by atoms with Crippen LogP contribution in [-0.2, 0) is 9.59 Å². The number of hydrogen-bond acceptors (Lipinski definition) is 7. The quantitative estimate of drug-likeness (QED) is 0.483. The molecule has 1 saturated heterocycles. The van der Waals surface area contributed by atoms with Crippen molar-refractivity contribution in [1.82, 2.24) is 4.90 Å². The van der Waals surface area contributed by atoms with Crippen LogP contribution in [0.3, 0.4) is 0 Å². The molecule has 1 aliphatic rings. The molecule has 0 atom stereocenters. The molecule has 0 unspecified atom stereocenters. The molecule has 0 saturated carbocycles. The molecule has 0 radical (unpaired) electrons. The second-order valence-corrected chi connectivity index (χ2v) is 8.30. The van der Waals surface area contributed by atoms with Crippen LogP contribution in [0.5, 0.6) is 5.75 Å². The zero-order valence-electron chi connectivity index (χ0n) is 16.6. The first kappa shape index (κ1) is 22.5. The zero-order valence-corrected chi connectivity index (χ0v) is 18.3. The highest BCUT2D eigenvalue weighted by atomic mass is 32.2. The minimum atomic E-state index is -1.31. The molecule has 2 aromatic carbocycles. The Balaban J connectivity index is 1.53. The van der Waals surface area contributed by atoms with E-state index in [0.29, 0.717) is 27.9 Å². The van der Waals surface area contributed by atoms with E-state index in [-0.39, 0.29) is 23.8 Å². The van der Waals surface area contributed by atoms with Crippen molar-refractivity contribution in [2.75, 3.05) is 19.0 Å². The van der Waals surface area contributed by atoms with Gasteiger partial charge >= 0.3 is 0 Å². The Bertz CT molecular complexity index is 1050. The van der Waals surface area contributed by atoms with Gasteiger partial charge in [-0.1, -0.05) is 48.2 Å². The van der Waals surface area contributed by atoms with E-state index in [0.717, 1.165) is 11.3 Å². The van der Waals surface area contributed by atoms with Crippen LogP contribution in [0.1, 0.15) is 28.8 Å². The lowest BCUT2D eigenvalue weighted by Gasteiger charge is -2.14. The van der Waals surface area contributed by atoms with Gasteiger partial charge in [0.25, 0.3) is 5.91 Å². The number of anilines is 1. The van der Waals surface area contributed by atoms with Gasteiger partial charge in [-0.25, -0.2) is 0 Å². The zero-order chi connectivity index (χ0) is 22.4. The van der Waals surface area contributed by atoms with Gasteiger partial charge in [-0.15, -0.1) is 0 Å². The number of carbonyl (C=O) groups excluding carboxylic acids is 3. The number of amides is 2. The van der Waals surface area contributed by atoms with Crippen molar-refractivity contribution in [3.05, 3.63) is 64.6 Å². The fourth-order valence-electron chi connectivity index (χ4n) is 2.89. The van der Waals surface area contributed by atoms with E-state index < -0.39 is 5.97 Å². The number of rotatable bonds is 8. The van der Waals surface area contributed by atoms with Gasteiger partial charge in [-0.2, -0.15) is 0 Å². The molecule has 1 fully saturated rings. The molecule has 160 valence electrons. The smallest absolute Gasteiger partial charge is 0.266 e. The number of methoxy groups -OCH3 is 1. The molecular formula is C22H19N2O5S2-. The SMILES string of the molecule is COc1ccc(/C=C2/SC(=S)N(CCCC(=O)Nc3cccc(C(=O)[O-])c3)C2=O)cc1. The van der Waals surface area contributed by atoms with E-state index in [9.17, 15) is 19.5 Å². The van der Waals surface area contributed by atoms with Crippen molar-refractivity contribution in [2.24, 2.45) is 0 Å². The number of thioether (sulfide) groups is 1. The summed E-state index contributed by atoms with van der Waals surface area (Å²) in [5.74, 6) is -1.05. The Morgan fingerprint density at radius 3 is 2.65 bits per heavy atom. The fourth-order valence-corrected chi connectivity index (χ4v) is 4.20. The fraction of sp³-hybridized carbons (Fsp3) is 0.182. The van der Waals surface area contributed by atoms with E-state index in [1.165, 1.54) is 34.9 Å². The molecule has 3 rings (SSSR count). The first-order valence-electron chi connectivity index (χ1n) is 9.38. The summed E-state index contributed by atoms with van der Waals surface area (Å²) in [6, 6.07) is 13.2. The summed E-state index contributed by atoms with van der Waals surface area (Å²) in [6.45, 7) is 0.317. The minimum absolute atomic E-state index is 0.0148. The first-order valence-corrected chi connectivity index (χ1v) is 10.6. The predicted molar refractivity (Wildman–Crippen MR) is 122 cm³/mol. The number of nitrogens with zero attached hydrogens (tertiary/aromatic N) is 1. The summed E-state index contributed by atoms with van der Waals surface area (Å²) in [4.78, 5) is 37.7. The molecule has 1 aliphatic heterocycles. The number of thiocarbonyl (C=S) groups is 1. The largest absolute Gasteiger partial charge is 0.545 e. The van der Waals surface area contributed by atoms with Gasteiger partial charge < -0.3 is 20.0 Å². The molecule has 0 bridgehead atoms. The third-order valence-corrected chi connectivity index (χ3v) is 5.83. The lowest BCUT2D eigenvalue weighted by molar-refractivity contribution is -0.255. The molecule has 9 heteroatoms. The van der Waals surface area contributed by atoms with Gasteiger partial charge in [0.2, 0.25) is 5.91 Å². The highest BCUT2D eigenvalue weighted by Crippen LogP contribution is 2.33. The van der Waals surface area contributed by atoms with Gasteiger partial charge in [-0.3, -0.25) is 14.5 Å².